The number of carbonyl (C=O) groups excluding carboxylic acids is 3. The molecule has 0 aromatic heterocycles. The summed E-state index contributed by atoms with van der Waals surface area (Å²) in [5.41, 5.74) is 7.14. The Hall–Kier alpha value is -3.23. The Morgan fingerprint density at radius 3 is 2.25 bits per heavy atom. The van der Waals surface area contributed by atoms with Crippen LogP contribution < -0.4 is 16.4 Å². The average molecular weight is 385 g/mol. The summed E-state index contributed by atoms with van der Waals surface area (Å²) < 4.78 is 5.07. The first kappa shape index (κ1) is 21.1. The van der Waals surface area contributed by atoms with E-state index in [1.807, 2.05) is 0 Å². The highest BCUT2D eigenvalue weighted by Gasteiger charge is 2.09. The van der Waals surface area contributed by atoms with Crippen molar-refractivity contribution in [3.05, 3.63) is 70.8 Å². The second-order valence-electron chi connectivity index (χ2n) is 5.92. The second-order valence-corrected chi connectivity index (χ2v) is 5.92. The predicted octanol–water partition coefficient (Wildman–Crippen LogP) is 0.454. The molecule has 0 fully saturated rings. The van der Waals surface area contributed by atoms with Crippen LogP contribution in [0, 0.1) is 0 Å². The van der Waals surface area contributed by atoms with E-state index >= 15 is 0 Å². The second kappa shape index (κ2) is 10.8. The van der Waals surface area contributed by atoms with Crippen LogP contribution in [-0.2, 0) is 11.3 Å². The molecule has 0 unspecified atom stereocenters. The fraction of sp³-hybridized carbons (Fsp3) is 0.250. The zero-order valence-electron chi connectivity index (χ0n) is 15.3. The van der Waals surface area contributed by atoms with Crippen LogP contribution in [0.15, 0.2) is 48.5 Å². The third-order valence-corrected chi connectivity index (χ3v) is 3.85. The molecule has 0 bridgehead atoms. The Bertz CT molecular complexity index is 821. The van der Waals surface area contributed by atoms with Crippen molar-refractivity contribution in [3.63, 3.8) is 0 Å². The third kappa shape index (κ3) is 6.49. The number of ether oxygens (including phenoxy) is 1. The molecule has 5 N–H and O–H groups in total. The monoisotopic (exact) mass is 385 g/mol. The first-order valence-electron chi connectivity index (χ1n) is 8.75. The molecule has 0 saturated carbocycles. The minimum atomic E-state index is -0.594. The molecule has 0 radical (unpaired) electrons. The Kier molecular flexibility index (Phi) is 8.13. The fourth-order valence-corrected chi connectivity index (χ4v) is 2.38. The van der Waals surface area contributed by atoms with Gasteiger partial charge < -0.3 is 26.2 Å². The van der Waals surface area contributed by atoms with Gasteiger partial charge in [0.25, 0.3) is 11.8 Å². The number of hydrogen-bond acceptors (Lipinski definition) is 5. The van der Waals surface area contributed by atoms with Crippen LogP contribution in [0.5, 0.6) is 0 Å². The number of benzene rings is 2. The average Bonchev–Trinajstić information content (AvgIpc) is 2.72. The predicted molar refractivity (Wildman–Crippen MR) is 103 cm³/mol. The summed E-state index contributed by atoms with van der Waals surface area (Å²) in [5, 5.41) is 14.1. The van der Waals surface area contributed by atoms with E-state index in [-0.39, 0.29) is 37.1 Å². The van der Waals surface area contributed by atoms with Gasteiger partial charge in [0.05, 0.1) is 19.8 Å². The van der Waals surface area contributed by atoms with E-state index in [9.17, 15) is 14.4 Å². The van der Waals surface area contributed by atoms with Crippen molar-refractivity contribution in [1.29, 1.82) is 0 Å². The summed E-state index contributed by atoms with van der Waals surface area (Å²) >= 11 is 0. The molecule has 2 aromatic carbocycles. The number of primary amides is 1. The van der Waals surface area contributed by atoms with Crippen LogP contribution in [0.2, 0.25) is 0 Å². The van der Waals surface area contributed by atoms with Gasteiger partial charge in [-0.1, -0.05) is 18.2 Å². The highest BCUT2D eigenvalue weighted by molar-refractivity contribution is 5.99. The molecule has 8 nitrogen and oxygen atoms in total. The quantitative estimate of drug-likeness (QED) is 0.441. The van der Waals surface area contributed by atoms with Gasteiger partial charge in [-0.3, -0.25) is 14.4 Å². The van der Waals surface area contributed by atoms with Crippen molar-refractivity contribution in [3.8, 4) is 0 Å². The summed E-state index contributed by atoms with van der Waals surface area (Å²) in [5.74, 6) is -1.15. The Morgan fingerprint density at radius 1 is 0.893 bits per heavy atom. The number of aliphatic hydroxyl groups excluding tert-OH is 1. The van der Waals surface area contributed by atoms with Crippen LogP contribution in [0.4, 0.5) is 0 Å². The van der Waals surface area contributed by atoms with E-state index in [0.717, 1.165) is 5.56 Å². The van der Waals surface area contributed by atoms with Gasteiger partial charge in [-0.2, -0.15) is 0 Å². The maximum Gasteiger partial charge on any atom is 0.251 e. The number of aliphatic hydroxyl groups is 1. The molecule has 0 aliphatic carbocycles. The van der Waals surface area contributed by atoms with Crippen LogP contribution >= 0.6 is 0 Å². The Morgan fingerprint density at radius 2 is 1.57 bits per heavy atom. The molecule has 0 aliphatic rings. The van der Waals surface area contributed by atoms with E-state index in [4.69, 9.17) is 15.6 Å². The lowest BCUT2D eigenvalue weighted by Crippen LogP contribution is -2.27. The largest absolute Gasteiger partial charge is 0.394 e. The summed E-state index contributed by atoms with van der Waals surface area (Å²) in [7, 11) is 0. The maximum absolute atomic E-state index is 12.2. The molecule has 0 atom stereocenters. The smallest absolute Gasteiger partial charge is 0.251 e. The molecule has 28 heavy (non-hydrogen) atoms. The maximum atomic E-state index is 12.2. The summed E-state index contributed by atoms with van der Waals surface area (Å²) in [6.45, 7) is 1.14. The van der Waals surface area contributed by atoms with Crippen molar-refractivity contribution in [2.75, 3.05) is 26.4 Å². The van der Waals surface area contributed by atoms with E-state index in [2.05, 4.69) is 10.6 Å². The van der Waals surface area contributed by atoms with E-state index < -0.39 is 5.91 Å². The van der Waals surface area contributed by atoms with Gasteiger partial charge >= 0.3 is 0 Å². The number of nitrogens with two attached hydrogens (primary N) is 1. The van der Waals surface area contributed by atoms with Gasteiger partial charge in [0.15, 0.2) is 0 Å². The van der Waals surface area contributed by atoms with Gasteiger partial charge in [-0.05, 0) is 35.9 Å². The van der Waals surface area contributed by atoms with Crippen LogP contribution in [0.25, 0.3) is 0 Å². The van der Waals surface area contributed by atoms with Gasteiger partial charge in [0.1, 0.15) is 0 Å². The molecule has 0 aliphatic heterocycles. The van der Waals surface area contributed by atoms with Gasteiger partial charge in [0.2, 0.25) is 5.91 Å². The van der Waals surface area contributed by atoms with E-state index in [1.54, 1.807) is 42.5 Å². The molecule has 0 saturated heterocycles. The molecular weight excluding hydrogens is 362 g/mol. The standard InChI is InChI=1S/C20H23N3O5/c21-18(25)16-2-1-3-17(12-16)20(27)23-13-14-4-6-15(7-5-14)19(26)22-8-10-28-11-9-24/h1-7,12,24H,8-11,13H2,(H2,21,25)(H,22,26)(H,23,27). The van der Waals surface area contributed by atoms with Crippen LogP contribution in [-0.4, -0.2) is 49.2 Å². The molecular formula is C20H23N3O5. The highest BCUT2D eigenvalue weighted by atomic mass is 16.5. The van der Waals surface area contributed by atoms with Crippen molar-refractivity contribution in [2.24, 2.45) is 5.73 Å². The number of hydrogen-bond donors (Lipinski definition) is 4. The van der Waals surface area contributed by atoms with Gasteiger partial charge in [-0.25, -0.2) is 0 Å². The highest BCUT2D eigenvalue weighted by Crippen LogP contribution is 2.07. The lowest BCUT2D eigenvalue weighted by atomic mass is 10.1. The lowest BCUT2D eigenvalue weighted by molar-refractivity contribution is 0.0837. The molecule has 148 valence electrons. The molecule has 2 aromatic rings. The Labute approximate surface area is 162 Å². The minimum Gasteiger partial charge on any atom is -0.394 e. The fourth-order valence-electron chi connectivity index (χ4n) is 2.38. The van der Waals surface area contributed by atoms with E-state index in [1.165, 1.54) is 6.07 Å². The normalized spacial score (nSPS) is 10.3. The molecule has 0 heterocycles. The summed E-state index contributed by atoms with van der Waals surface area (Å²) in [6.07, 6.45) is 0. The molecule has 8 heteroatoms. The van der Waals surface area contributed by atoms with Crippen molar-refractivity contribution < 1.29 is 24.2 Å². The molecule has 2 rings (SSSR count). The Balaban J connectivity index is 1.83. The molecule has 0 spiro atoms. The van der Waals surface area contributed by atoms with Crippen molar-refractivity contribution in [2.45, 2.75) is 6.54 Å². The van der Waals surface area contributed by atoms with Crippen LogP contribution in [0.3, 0.4) is 0 Å². The third-order valence-electron chi connectivity index (χ3n) is 3.85. The number of amides is 3. The summed E-state index contributed by atoms with van der Waals surface area (Å²) in [4.78, 5) is 35.4. The molecule has 3 amide bonds. The zero-order valence-corrected chi connectivity index (χ0v) is 15.3. The lowest BCUT2D eigenvalue weighted by Gasteiger charge is -2.08. The number of rotatable bonds is 10. The number of carbonyl (C=O) groups is 3. The topological polar surface area (TPSA) is 131 Å². The van der Waals surface area contributed by atoms with Crippen molar-refractivity contribution >= 4 is 17.7 Å². The summed E-state index contributed by atoms with van der Waals surface area (Å²) in [6, 6.07) is 13.0. The zero-order chi connectivity index (χ0) is 20.4. The first-order chi connectivity index (χ1) is 13.5. The van der Waals surface area contributed by atoms with Crippen molar-refractivity contribution in [1.82, 2.24) is 10.6 Å². The van der Waals surface area contributed by atoms with Gasteiger partial charge in [-0.15, -0.1) is 0 Å². The van der Waals surface area contributed by atoms with Crippen LogP contribution in [0.1, 0.15) is 36.6 Å². The SMILES string of the molecule is NC(=O)c1cccc(C(=O)NCc2ccc(C(=O)NCCOCCO)cc2)c1. The number of nitrogens with one attached hydrogen (secondary N) is 2. The first-order valence-corrected chi connectivity index (χ1v) is 8.75. The van der Waals surface area contributed by atoms with E-state index in [0.29, 0.717) is 24.3 Å². The van der Waals surface area contributed by atoms with Gasteiger partial charge in [0, 0.05) is 29.8 Å². The minimum absolute atomic E-state index is 0.0531.